The number of aryl methyl sites for hydroxylation is 2. The van der Waals surface area contributed by atoms with Crippen LogP contribution in [0.3, 0.4) is 0 Å². The van der Waals surface area contributed by atoms with Crippen molar-refractivity contribution in [1.82, 2.24) is 19.4 Å². The summed E-state index contributed by atoms with van der Waals surface area (Å²) in [6.07, 6.45) is 3.48. The Morgan fingerprint density at radius 2 is 2.00 bits per heavy atom. The molecule has 0 saturated heterocycles. The van der Waals surface area contributed by atoms with E-state index in [-0.39, 0.29) is 5.91 Å². The molecule has 4 aromatic heterocycles. The molecule has 0 atom stereocenters. The number of aromatic nitrogens is 4. The minimum Gasteiger partial charge on any atom is -0.304 e. The Labute approximate surface area is 148 Å². The fourth-order valence-corrected chi connectivity index (χ4v) is 3.54. The summed E-state index contributed by atoms with van der Waals surface area (Å²) >= 11 is 1.41. The van der Waals surface area contributed by atoms with E-state index in [1.165, 1.54) is 11.3 Å². The van der Waals surface area contributed by atoms with E-state index in [4.69, 9.17) is 0 Å². The number of hydrogen-bond acceptors (Lipinski definition) is 5. The van der Waals surface area contributed by atoms with E-state index in [1.54, 1.807) is 12.4 Å². The quantitative estimate of drug-likeness (QED) is 0.612. The minimum absolute atomic E-state index is 0.274. The molecule has 4 aromatic rings. The van der Waals surface area contributed by atoms with Gasteiger partial charge in [-0.2, -0.15) is 0 Å². The molecular weight excluding hydrogens is 334 g/mol. The van der Waals surface area contributed by atoms with Gasteiger partial charge in [-0.15, -0.1) is 0 Å². The zero-order valence-electron chi connectivity index (χ0n) is 13.7. The van der Waals surface area contributed by atoms with Crippen molar-refractivity contribution in [3.63, 3.8) is 0 Å². The van der Waals surface area contributed by atoms with Crippen LogP contribution in [0.25, 0.3) is 16.2 Å². The number of nitrogens with zero attached hydrogens (tertiary/aromatic N) is 4. The number of pyridine rings is 2. The summed E-state index contributed by atoms with van der Waals surface area (Å²) in [7, 11) is 0. The van der Waals surface area contributed by atoms with Crippen molar-refractivity contribution in [3.8, 4) is 10.6 Å². The van der Waals surface area contributed by atoms with Crippen LogP contribution in [0.5, 0.6) is 0 Å². The Hall–Kier alpha value is -3.06. The zero-order valence-corrected chi connectivity index (χ0v) is 14.5. The van der Waals surface area contributed by atoms with Gasteiger partial charge in [-0.3, -0.25) is 15.1 Å². The normalized spacial score (nSPS) is 11.0. The van der Waals surface area contributed by atoms with Crippen LogP contribution < -0.4 is 5.32 Å². The number of hydrogen-bond donors (Lipinski definition) is 1. The van der Waals surface area contributed by atoms with Crippen LogP contribution in [0.1, 0.15) is 21.9 Å². The number of anilines is 1. The number of amides is 1. The number of rotatable bonds is 3. The molecule has 4 heterocycles. The highest BCUT2D eigenvalue weighted by Crippen LogP contribution is 2.31. The third kappa shape index (κ3) is 2.89. The Morgan fingerprint density at radius 3 is 2.76 bits per heavy atom. The zero-order chi connectivity index (χ0) is 17.4. The molecule has 7 heteroatoms. The van der Waals surface area contributed by atoms with Crippen molar-refractivity contribution in [3.05, 3.63) is 65.9 Å². The summed E-state index contributed by atoms with van der Waals surface area (Å²) in [5.74, 6) is -0.274. The number of imidazole rings is 1. The van der Waals surface area contributed by atoms with Gasteiger partial charge < -0.3 is 4.40 Å². The standard InChI is InChI=1S/C18H15N5OS/c1-11-6-5-8-15-21-14(10-23(11)15)17(24)22-18-20-12(2)16(25-18)13-7-3-4-9-19-13/h3-10H,1-2H3,(H,20,22,24). The number of nitrogens with one attached hydrogen (secondary N) is 1. The molecule has 0 radical (unpaired) electrons. The molecule has 0 aliphatic rings. The molecule has 0 unspecified atom stereocenters. The van der Waals surface area contributed by atoms with Gasteiger partial charge in [0.1, 0.15) is 11.3 Å². The van der Waals surface area contributed by atoms with E-state index in [9.17, 15) is 4.79 Å². The lowest BCUT2D eigenvalue weighted by molar-refractivity contribution is 0.102. The SMILES string of the molecule is Cc1nc(NC(=O)c2cn3c(C)cccc3n2)sc1-c1ccccn1. The summed E-state index contributed by atoms with van der Waals surface area (Å²) in [6, 6.07) is 11.5. The molecule has 25 heavy (non-hydrogen) atoms. The van der Waals surface area contributed by atoms with Crippen LogP contribution in [0.2, 0.25) is 0 Å². The predicted molar refractivity (Wildman–Crippen MR) is 98.0 cm³/mol. The molecule has 0 aromatic carbocycles. The first-order chi connectivity index (χ1) is 12.1. The van der Waals surface area contributed by atoms with Crippen molar-refractivity contribution >= 4 is 28.0 Å². The first kappa shape index (κ1) is 15.5. The second-order valence-corrected chi connectivity index (χ2v) is 6.62. The van der Waals surface area contributed by atoms with Crippen LogP contribution in [0, 0.1) is 13.8 Å². The molecular formula is C18H15N5OS. The van der Waals surface area contributed by atoms with Gasteiger partial charge in [0.05, 0.1) is 16.3 Å². The summed E-state index contributed by atoms with van der Waals surface area (Å²) in [4.78, 5) is 26.6. The molecule has 0 spiro atoms. The van der Waals surface area contributed by atoms with Crippen LogP contribution in [-0.4, -0.2) is 25.3 Å². The maximum atomic E-state index is 12.5. The lowest BCUT2D eigenvalue weighted by atomic mass is 10.3. The van der Waals surface area contributed by atoms with Gasteiger partial charge in [-0.05, 0) is 38.1 Å². The topological polar surface area (TPSA) is 72.2 Å². The highest BCUT2D eigenvalue weighted by molar-refractivity contribution is 7.19. The van der Waals surface area contributed by atoms with E-state index < -0.39 is 0 Å². The summed E-state index contributed by atoms with van der Waals surface area (Å²) in [6.45, 7) is 3.88. The summed E-state index contributed by atoms with van der Waals surface area (Å²) in [5, 5.41) is 3.37. The fraction of sp³-hybridized carbons (Fsp3) is 0.111. The van der Waals surface area contributed by atoms with Crippen LogP contribution in [0.15, 0.2) is 48.8 Å². The van der Waals surface area contributed by atoms with Crippen molar-refractivity contribution in [1.29, 1.82) is 0 Å². The molecule has 1 amide bonds. The molecule has 6 nitrogen and oxygen atoms in total. The van der Waals surface area contributed by atoms with E-state index in [1.807, 2.05) is 54.6 Å². The second-order valence-electron chi connectivity index (χ2n) is 5.62. The summed E-state index contributed by atoms with van der Waals surface area (Å²) < 4.78 is 1.89. The lowest BCUT2D eigenvalue weighted by Crippen LogP contribution is -2.12. The average molecular weight is 349 g/mol. The highest BCUT2D eigenvalue weighted by Gasteiger charge is 2.16. The van der Waals surface area contributed by atoms with Gasteiger partial charge >= 0.3 is 0 Å². The number of carbonyl (C=O) groups excluding carboxylic acids is 1. The third-order valence-electron chi connectivity index (χ3n) is 3.84. The van der Waals surface area contributed by atoms with E-state index in [0.717, 1.165) is 27.6 Å². The van der Waals surface area contributed by atoms with E-state index >= 15 is 0 Å². The number of carbonyl (C=O) groups is 1. The number of fused-ring (bicyclic) bond motifs is 1. The smallest absolute Gasteiger partial charge is 0.277 e. The maximum absolute atomic E-state index is 12.5. The summed E-state index contributed by atoms with van der Waals surface area (Å²) in [5.41, 5.74) is 3.81. The largest absolute Gasteiger partial charge is 0.304 e. The second kappa shape index (κ2) is 6.10. The van der Waals surface area contributed by atoms with Gasteiger partial charge in [0.15, 0.2) is 5.13 Å². The van der Waals surface area contributed by atoms with Crippen molar-refractivity contribution < 1.29 is 4.79 Å². The maximum Gasteiger partial charge on any atom is 0.277 e. The Morgan fingerprint density at radius 1 is 1.12 bits per heavy atom. The van der Waals surface area contributed by atoms with Gasteiger partial charge in [0.2, 0.25) is 0 Å². The van der Waals surface area contributed by atoms with Crippen molar-refractivity contribution in [2.45, 2.75) is 13.8 Å². The lowest BCUT2D eigenvalue weighted by Gasteiger charge is -1.97. The first-order valence-corrected chi connectivity index (χ1v) is 8.58. The number of thiazole rings is 1. The molecule has 0 aliphatic heterocycles. The molecule has 1 N–H and O–H groups in total. The van der Waals surface area contributed by atoms with Crippen molar-refractivity contribution in [2.75, 3.05) is 5.32 Å². The van der Waals surface area contributed by atoms with E-state index in [0.29, 0.717) is 10.8 Å². The highest BCUT2D eigenvalue weighted by atomic mass is 32.1. The van der Waals surface area contributed by atoms with Gasteiger partial charge in [-0.25, -0.2) is 9.97 Å². The van der Waals surface area contributed by atoms with Crippen LogP contribution >= 0.6 is 11.3 Å². The van der Waals surface area contributed by atoms with Crippen LogP contribution in [0.4, 0.5) is 5.13 Å². The fourth-order valence-electron chi connectivity index (χ4n) is 2.60. The van der Waals surface area contributed by atoms with Crippen molar-refractivity contribution in [2.24, 2.45) is 0 Å². The monoisotopic (exact) mass is 349 g/mol. The Balaban J connectivity index is 1.61. The molecule has 4 rings (SSSR count). The molecule has 0 bridgehead atoms. The molecule has 0 aliphatic carbocycles. The first-order valence-electron chi connectivity index (χ1n) is 7.77. The average Bonchev–Trinajstić information content (AvgIpc) is 3.20. The van der Waals surface area contributed by atoms with Crippen LogP contribution in [-0.2, 0) is 0 Å². The van der Waals surface area contributed by atoms with Gasteiger partial charge in [0.25, 0.3) is 5.91 Å². The third-order valence-corrected chi connectivity index (χ3v) is 4.94. The van der Waals surface area contributed by atoms with Gasteiger partial charge in [-0.1, -0.05) is 23.5 Å². The van der Waals surface area contributed by atoms with E-state index in [2.05, 4.69) is 20.3 Å². The minimum atomic E-state index is -0.274. The molecule has 0 fully saturated rings. The van der Waals surface area contributed by atoms with Gasteiger partial charge in [0, 0.05) is 18.1 Å². The Kier molecular flexibility index (Phi) is 3.77. The molecule has 0 saturated carbocycles. The predicted octanol–water partition coefficient (Wildman–Crippen LogP) is 3.72. The Bertz CT molecular complexity index is 1070. The molecule has 124 valence electrons.